The van der Waals surface area contributed by atoms with Crippen LogP contribution in [0.4, 0.5) is 4.79 Å². The van der Waals surface area contributed by atoms with Crippen LogP contribution in [0.3, 0.4) is 0 Å². The molecule has 2 N–H and O–H groups in total. The Morgan fingerprint density at radius 2 is 1.91 bits per heavy atom. The maximum Gasteiger partial charge on any atom is 0.325 e. The van der Waals surface area contributed by atoms with Crippen molar-refractivity contribution in [1.82, 2.24) is 20.5 Å². The summed E-state index contributed by atoms with van der Waals surface area (Å²) in [5.74, 6) is 1.43. The lowest BCUT2D eigenvalue weighted by Crippen LogP contribution is -2.49. The highest BCUT2D eigenvalue weighted by Gasteiger charge is 2.52. The number of urea groups is 1. The zero-order chi connectivity index (χ0) is 24.1. The predicted molar refractivity (Wildman–Crippen MR) is 124 cm³/mol. The van der Waals surface area contributed by atoms with Gasteiger partial charge in [-0.2, -0.15) is 0 Å². The highest BCUT2D eigenvalue weighted by Crippen LogP contribution is 2.36. The SMILES string of the molecule is CCOc1ccccc1Oc1ccc(CNC(=O)CN2C(=O)NC3(CCC(C)CC3)C2=O)cn1. The summed E-state index contributed by atoms with van der Waals surface area (Å²) in [6.45, 7) is 4.49. The normalized spacial score (nSPS) is 21.9. The average molecular weight is 467 g/mol. The maximum atomic E-state index is 12.9. The number of benzene rings is 1. The summed E-state index contributed by atoms with van der Waals surface area (Å²) in [6, 6.07) is 10.3. The lowest BCUT2D eigenvalue weighted by molar-refractivity contribution is -0.136. The van der Waals surface area contributed by atoms with E-state index in [9.17, 15) is 14.4 Å². The molecule has 1 saturated carbocycles. The number of carbonyl (C=O) groups is 3. The van der Waals surface area contributed by atoms with Gasteiger partial charge >= 0.3 is 6.03 Å². The number of ether oxygens (including phenoxy) is 2. The number of nitrogens with one attached hydrogen (secondary N) is 2. The second-order valence-electron chi connectivity index (χ2n) is 8.85. The predicted octanol–water partition coefficient (Wildman–Crippen LogP) is 3.39. The van der Waals surface area contributed by atoms with Crippen molar-refractivity contribution in [3.05, 3.63) is 48.2 Å². The fourth-order valence-corrected chi connectivity index (χ4v) is 4.31. The molecule has 9 heteroatoms. The van der Waals surface area contributed by atoms with Crippen LogP contribution in [0.15, 0.2) is 42.6 Å². The quantitative estimate of drug-likeness (QED) is 0.577. The summed E-state index contributed by atoms with van der Waals surface area (Å²) in [4.78, 5) is 43.0. The van der Waals surface area contributed by atoms with Gasteiger partial charge in [0.15, 0.2) is 11.5 Å². The molecule has 9 nitrogen and oxygen atoms in total. The average Bonchev–Trinajstić information content (AvgIpc) is 3.06. The molecule has 4 rings (SSSR count). The summed E-state index contributed by atoms with van der Waals surface area (Å²) in [5.41, 5.74) is -0.0848. The first kappa shape index (κ1) is 23.5. The Kier molecular flexibility index (Phi) is 7.00. The number of nitrogens with zero attached hydrogens (tertiary/aromatic N) is 2. The van der Waals surface area contributed by atoms with Crippen LogP contribution in [0, 0.1) is 5.92 Å². The Morgan fingerprint density at radius 1 is 1.18 bits per heavy atom. The third-order valence-corrected chi connectivity index (χ3v) is 6.33. The molecule has 2 heterocycles. The van der Waals surface area contributed by atoms with Crippen LogP contribution in [0.1, 0.15) is 45.1 Å². The van der Waals surface area contributed by atoms with Gasteiger partial charge in [-0.3, -0.25) is 14.5 Å². The largest absolute Gasteiger partial charge is 0.490 e. The van der Waals surface area contributed by atoms with E-state index >= 15 is 0 Å². The summed E-state index contributed by atoms with van der Waals surface area (Å²) >= 11 is 0. The van der Waals surface area contributed by atoms with Crippen LogP contribution in [0.5, 0.6) is 17.4 Å². The standard InChI is InChI=1S/C25H30N4O5/c1-3-33-19-6-4-5-7-20(19)34-22-9-8-18(15-27-22)14-26-21(30)16-29-23(31)25(28-24(29)32)12-10-17(2)11-13-25/h4-9,15,17H,3,10-14,16H2,1-2H3,(H,26,30)(H,28,32). The Bertz CT molecular complexity index is 1050. The molecule has 0 bridgehead atoms. The van der Waals surface area contributed by atoms with Crippen molar-refractivity contribution in [2.45, 2.75) is 51.6 Å². The van der Waals surface area contributed by atoms with Crippen molar-refractivity contribution >= 4 is 17.8 Å². The summed E-state index contributed by atoms with van der Waals surface area (Å²) in [5, 5.41) is 5.58. The second kappa shape index (κ2) is 10.1. The highest BCUT2D eigenvalue weighted by molar-refractivity contribution is 6.09. The van der Waals surface area contributed by atoms with Gasteiger partial charge in [-0.1, -0.05) is 25.1 Å². The minimum Gasteiger partial charge on any atom is -0.490 e. The number of carbonyl (C=O) groups excluding carboxylic acids is 3. The number of rotatable bonds is 8. The first-order chi connectivity index (χ1) is 16.4. The van der Waals surface area contributed by atoms with E-state index in [0.29, 0.717) is 42.7 Å². The molecule has 1 aliphatic carbocycles. The Labute approximate surface area is 198 Å². The zero-order valence-electron chi connectivity index (χ0n) is 19.5. The van der Waals surface area contributed by atoms with Gasteiger partial charge in [0, 0.05) is 18.8 Å². The molecule has 1 aliphatic heterocycles. The second-order valence-corrected chi connectivity index (χ2v) is 8.85. The first-order valence-electron chi connectivity index (χ1n) is 11.7. The summed E-state index contributed by atoms with van der Waals surface area (Å²) in [7, 11) is 0. The minimum atomic E-state index is -0.843. The van der Waals surface area contributed by atoms with Gasteiger partial charge in [0.25, 0.3) is 5.91 Å². The van der Waals surface area contributed by atoms with Crippen LogP contribution in [-0.4, -0.2) is 46.4 Å². The van der Waals surface area contributed by atoms with Gasteiger partial charge in [-0.15, -0.1) is 0 Å². The summed E-state index contributed by atoms with van der Waals surface area (Å²) < 4.78 is 11.4. The third kappa shape index (κ3) is 5.13. The topological polar surface area (TPSA) is 110 Å². The molecule has 1 aromatic carbocycles. The number of para-hydroxylation sites is 2. The van der Waals surface area contributed by atoms with E-state index in [-0.39, 0.29) is 19.0 Å². The van der Waals surface area contributed by atoms with Crippen molar-refractivity contribution in [2.75, 3.05) is 13.2 Å². The Balaban J connectivity index is 1.29. The molecular formula is C25H30N4O5. The van der Waals surface area contributed by atoms with Gasteiger partial charge in [-0.25, -0.2) is 9.78 Å². The molecule has 2 aromatic rings. The molecule has 180 valence electrons. The molecule has 2 aliphatic rings. The van der Waals surface area contributed by atoms with E-state index in [1.54, 1.807) is 24.4 Å². The van der Waals surface area contributed by atoms with Crippen LogP contribution >= 0.6 is 0 Å². The number of imide groups is 1. The van der Waals surface area contributed by atoms with E-state index in [2.05, 4.69) is 22.5 Å². The van der Waals surface area contributed by atoms with Gasteiger partial charge in [0.1, 0.15) is 12.1 Å². The zero-order valence-corrected chi connectivity index (χ0v) is 19.5. The molecule has 2 fully saturated rings. The van der Waals surface area contributed by atoms with Crippen LogP contribution < -0.4 is 20.1 Å². The van der Waals surface area contributed by atoms with E-state index in [4.69, 9.17) is 9.47 Å². The van der Waals surface area contributed by atoms with E-state index < -0.39 is 17.5 Å². The molecule has 0 atom stereocenters. The molecule has 0 radical (unpaired) electrons. The highest BCUT2D eigenvalue weighted by atomic mass is 16.5. The lowest BCUT2D eigenvalue weighted by Gasteiger charge is -2.33. The van der Waals surface area contributed by atoms with Gasteiger partial charge in [-0.05, 0) is 56.2 Å². The van der Waals surface area contributed by atoms with E-state index in [0.717, 1.165) is 23.3 Å². The van der Waals surface area contributed by atoms with E-state index in [1.807, 2.05) is 25.1 Å². The maximum absolute atomic E-state index is 12.9. The van der Waals surface area contributed by atoms with Crippen molar-refractivity contribution in [3.63, 3.8) is 0 Å². The van der Waals surface area contributed by atoms with Crippen molar-refractivity contribution in [3.8, 4) is 17.4 Å². The molecule has 1 spiro atoms. The number of pyridine rings is 1. The van der Waals surface area contributed by atoms with Crippen molar-refractivity contribution in [1.29, 1.82) is 0 Å². The van der Waals surface area contributed by atoms with Crippen molar-refractivity contribution < 1.29 is 23.9 Å². The van der Waals surface area contributed by atoms with Crippen molar-refractivity contribution in [2.24, 2.45) is 5.92 Å². The fourth-order valence-electron chi connectivity index (χ4n) is 4.31. The van der Waals surface area contributed by atoms with Crippen LogP contribution in [0.25, 0.3) is 0 Å². The Morgan fingerprint density at radius 3 is 2.59 bits per heavy atom. The smallest absolute Gasteiger partial charge is 0.325 e. The first-order valence-corrected chi connectivity index (χ1v) is 11.7. The third-order valence-electron chi connectivity index (χ3n) is 6.33. The lowest BCUT2D eigenvalue weighted by atomic mass is 9.77. The van der Waals surface area contributed by atoms with Gasteiger partial charge in [0.2, 0.25) is 11.8 Å². The number of aromatic nitrogens is 1. The molecule has 0 unspecified atom stereocenters. The van der Waals surface area contributed by atoms with Crippen LogP contribution in [-0.2, 0) is 16.1 Å². The Hall–Kier alpha value is -3.62. The number of amides is 4. The molecule has 4 amide bonds. The monoisotopic (exact) mass is 466 g/mol. The minimum absolute atomic E-state index is 0.216. The molecule has 34 heavy (non-hydrogen) atoms. The van der Waals surface area contributed by atoms with Gasteiger partial charge < -0.3 is 20.1 Å². The summed E-state index contributed by atoms with van der Waals surface area (Å²) in [6.07, 6.45) is 4.61. The number of hydrogen-bond donors (Lipinski definition) is 2. The van der Waals surface area contributed by atoms with Crippen LogP contribution in [0.2, 0.25) is 0 Å². The number of hydrogen-bond acceptors (Lipinski definition) is 6. The molecular weight excluding hydrogens is 436 g/mol. The molecule has 1 aromatic heterocycles. The fraction of sp³-hybridized carbons (Fsp3) is 0.440. The van der Waals surface area contributed by atoms with E-state index in [1.165, 1.54) is 0 Å². The van der Waals surface area contributed by atoms with Gasteiger partial charge in [0.05, 0.1) is 6.61 Å². The molecule has 1 saturated heterocycles.